The van der Waals surface area contributed by atoms with Crippen molar-refractivity contribution in [1.82, 2.24) is 0 Å². The minimum Gasteiger partial charge on any atom is -0.0654 e. The molecular formula is C14H21. The number of benzene rings is 1. The monoisotopic (exact) mass is 189 g/mol. The van der Waals surface area contributed by atoms with Crippen molar-refractivity contribution >= 4 is 0 Å². The van der Waals surface area contributed by atoms with Crippen LogP contribution in [-0.2, 0) is 6.42 Å². The van der Waals surface area contributed by atoms with Crippen LogP contribution < -0.4 is 0 Å². The molecule has 0 aliphatic rings. The van der Waals surface area contributed by atoms with Gasteiger partial charge in [-0.1, -0.05) is 51.0 Å². The van der Waals surface area contributed by atoms with Gasteiger partial charge >= 0.3 is 0 Å². The zero-order valence-electron chi connectivity index (χ0n) is 9.42. The molecule has 0 heteroatoms. The molecule has 0 heterocycles. The van der Waals surface area contributed by atoms with E-state index in [9.17, 15) is 0 Å². The lowest BCUT2D eigenvalue weighted by Gasteiger charge is -2.07. The van der Waals surface area contributed by atoms with Crippen molar-refractivity contribution in [2.45, 2.75) is 46.0 Å². The van der Waals surface area contributed by atoms with Gasteiger partial charge in [0.2, 0.25) is 0 Å². The van der Waals surface area contributed by atoms with Gasteiger partial charge in [0.15, 0.2) is 0 Å². The molecule has 14 heavy (non-hydrogen) atoms. The molecule has 0 fully saturated rings. The minimum atomic E-state index is 1.13. The molecule has 0 aliphatic carbocycles. The van der Waals surface area contributed by atoms with Crippen LogP contribution in [0.1, 0.15) is 50.7 Å². The molecule has 1 aromatic carbocycles. The average Bonchev–Trinajstić information content (AvgIpc) is 2.21. The second-order valence-electron chi connectivity index (χ2n) is 3.77. The number of hydrogen-bond acceptors (Lipinski definition) is 0. The van der Waals surface area contributed by atoms with Crippen LogP contribution in [0.2, 0.25) is 0 Å². The van der Waals surface area contributed by atoms with Gasteiger partial charge in [-0.15, -0.1) is 0 Å². The molecule has 0 saturated heterocycles. The summed E-state index contributed by atoms with van der Waals surface area (Å²) in [5.41, 5.74) is 2.95. The van der Waals surface area contributed by atoms with Crippen LogP contribution in [0.3, 0.4) is 0 Å². The van der Waals surface area contributed by atoms with Crippen LogP contribution in [0, 0.1) is 6.42 Å². The van der Waals surface area contributed by atoms with Gasteiger partial charge in [-0.05, 0) is 36.8 Å². The maximum atomic E-state index is 2.32. The Morgan fingerprint density at radius 2 is 1.86 bits per heavy atom. The van der Waals surface area contributed by atoms with Crippen LogP contribution in [0.5, 0.6) is 0 Å². The SMILES string of the molecule is CC[CH]c1ccccc1CCCCC. The fourth-order valence-corrected chi connectivity index (χ4v) is 1.75. The first-order chi connectivity index (χ1) is 6.88. The van der Waals surface area contributed by atoms with Crippen molar-refractivity contribution in [3.8, 4) is 0 Å². The zero-order chi connectivity index (χ0) is 10.2. The Labute approximate surface area is 88.4 Å². The largest absolute Gasteiger partial charge is 0.0654 e. The number of aryl methyl sites for hydroxylation is 1. The van der Waals surface area contributed by atoms with E-state index in [0.717, 1.165) is 6.42 Å². The normalized spacial score (nSPS) is 10.4. The smallest absolute Gasteiger partial charge is 0.00930 e. The Morgan fingerprint density at radius 1 is 1.07 bits per heavy atom. The molecule has 0 nitrogen and oxygen atoms in total. The van der Waals surface area contributed by atoms with Gasteiger partial charge in [0, 0.05) is 0 Å². The molecule has 0 saturated carbocycles. The number of hydrogen-bond donors (Lipinski definition) is 0. The van der Waals surface area contributed by atoms with Crippen molar-refractivity contribution in [1.29, 1.82) is 0 Å². The fourth-order valence-electron chi connectivity index (χ4n) is 1.75. The highest BCUT2D eigenvalue weighted by atomic mass is 14.0. The van der Waals surface area contributed by atoms with E-state index in [-0.39, 0.29) is 0 Å². The van der Waals surface area contributed by atoms with Crippen LogP contribution in [0.15, 0.2) is 24.3 Å². The Bertz CT molecular complexity index is 250. The van der Waals surface area contributed by atoms with E-state index in [2.05, 4.69) is 44.5 Å². The molecule has 0 unspecified atom stereocenters. The van der Waals surface area contributed by atoms with Crippen molar-refractivity contribution in [2.24, 2.45) is 0 Å². The first-order valence-electron chi connectivity index (χ1n) is 5.79. The van der Waals surface area contributed by atoms with Crippen LogP contribution >= 0.6 is 0 Å². The van der Waals surface area contributed by atoms with Crippen molar-refractivity contribution in [2.75, 3.05) is 0 Å². The van der Waals surface area contributed by atoms with Gasteiger partial charge in [-0.2, -0.15) is 0 Å². The summed E-state index contributed by atoms with van der Waals surface area (Å²) in [6.07, 6.45) is 8.66. The Hall–Kier alpha value is -0.780. The molecule has 0 N–H and O–H groups in total. The van der Waals surface area contributed by atoms with Gasteiger partial charge in [-0.3, -0.25) is 0 Å². The molecular weight excluding hydrogens is 168 g/mol. The van der Waals surface area contributed by atoms with Crippen molar-refractivity contribution in [3.63, 3.8) is 0 Å². The summed E-state index contributed by atoms with van der Waals surface area (Å²) in [5.74, 6) is 0. The minimum absolute atomic E-state index is 1.13. The Morgan fingerprint density at radius 3 is 2.57 bits per heavy atom. The second kappa shape index (κ2) is 6.64. The maximum absolute atomic E-state index is 2.32. The summed E-state index contributed by atoms with van der Waals surface area (Å²) in [6, 6.07) is 8.76. The second-order valence-corrected chi connectivity index (χ2v) is 3.77. The van der Waals surface area contributed by atoms with Crippen molar-refractivity contribution < 1.29 is 0 Å². The Kier molecular flexibility index (Phi) is 5.36. The highest BCUT2D eigenvalue weighted by Crippen LogP contribution is 2.15. The summed E-state index contributed by atoms with van der Waals surface area (Å²) in [7, 11) is 0. The molecule has 0 bridgehead atoms. The quantitative estimate of drug-likeness (QED) is 0.582. The van der Waals surface area contributed by atoms with Gasteiger partial charge in [0.25, 0.3) is 0 Å². The van der Waals surface area contributed by atoms with Gasteiger partial charge in [-0.25, -0.2) is 0 Å². The predicted molar refractivity (Wildman–Crippen MR) is 63.4 cm³/mol. The summed E-state index contributed by atoms with van der Waals surface area (Å²) in [5, 5.41) is 0. The summed E-state index contributed by atoms with van der Waals surface area (Å²) in [6.45, 7) is 4.45. The lowest BCUT2D eigenvalue weighted by atomic mass is 9.98. The first kappa shape index (κ1) is 11.3. The fraction of sp³-hybridized carbons (Fsp3) is 0.500. The lowest BCUT2D eigenvalue weighted by molar-refractivity contribution is 0.715. The van der Waals surface area contributed by atoms with E-state index in [1.165, 1.54) is 36.8 Å². The van der Waals surface area contributed by atoms with Gasteiger partial charge in [0.1, 0.15) is 0 Å². The van der Waals surface area contributed by atoms with Gasteiger partial charge in [0.05, 0.1) is 0 Å². The predicted octanol–water partition coefficient (Wildman–Crippen LogP) is 4.38. The molecule has 1 aromatic rings. The summed E-state index contributed by atoms with van der Waals surface area (Å²) < 4.78 is 0. The first-order valence-corrected chi connectivity index (χ1v) is 5.79. The van der Waals surface area contributed by atoms with E-state index >= 15 is 0 Å². The highest BCUT2D eigenvalue weighted by Gasteiger charge is 1.99. The molecule has 0 spiro atoms. The standard InChI is InChI=1S/C14H21/c1-3-5-6-10-14-12-8-7-11-13(14)9-4-2/h7-9,11-12H,3-6,10H2,1-2H3. The van der Waals surface area contributed by atoms with E-state index in [4.69, 9.17) is 0 Å². The van der Waals surface area contributed by atoms with E-state index in [1.54, 1.807) is 0 Å². The van der Waals surface area contributed by atoms with Crippen LogP contribution in [0.25, 0.3) is 0 Å². The average molecular weight is 189 g/mol. The molecule has 1 radical (unpaired) electrons. The van der Waals surface area contributed by atoms with Crippen LogP contribution in [-0.4, -0.2) is 0 Å². The van der Waals surface area contributed by atoms with Gasteiger partial charge < -0.3 is 0 Å². The summed E-state index contributed by atoms with van der Waals surface area (Å²) in [4.78, 5) is 0. The summed E-state index contributed by atoms with van der Waals surface area (Å²) >= 11 is 0. The third-order valence-corrected chi connectivity index (χ3v) is 2.53. The molecule has 0 atom stereocenters. The highest BCUT2D eigenvalue weighted by molar-refractivity contribution is 5.32. The molecule has 1 rings (SSSR count). The molecule has 0 aromatic heterocycles. The third kappa shape index (κ3) is 3.53. The van der Waals surface area contributed by atoms with E-state index in [1.807, 2.05) is 0 Å². The number of rotatable bonds is 6. The zero-order valence-corrected chi connectivity index (χ0v) is 9.42. The molecule has 0 aliphatic heterocycles. The number of unbranched alkanes of at least 4 members (excludes halogenated alkanes) is 2. The van der Waals surface area contributed by atoms with Crippen LogP contribution in [0.4, 0.5) is 0 Å². The Balaban J connectivity index is 2.55. The topological polar surface area (TPSA) is 0 Å². The van der Waals surface area contributed by atoms with E-state index < -0.39 is 0 Å². The maximum Gasteiger partial charge on any atom is -0.00930 e. The van der Waals surface area contributed by atoms with E-state index in [0.29, 0.717) is 0 Å². The molecule has 0 amide bonds. The lowest BCUT2D eigenvalue weighted by Crippen LogP contribution is -1.92. The van der Waals surface area contributed by atoms with Crippen molar-refractivity contribution in [3.05, 3.63) is 41.8 Å². The third-order valence-electron chi connectivity index (χ3n) is 2.53. The molecule has 77 valence electrons.